The Balaban J connectivity index is 1.24. The summed E-state index contributed by atoms with van der Waals surface area (Å²) in [5.41, 5.74) is 8.63. The Kier molecular flexibility index (Phi) is 7.58. The number of nitrogens with zero attached hydrogens (tertiary/aromatic N) is 2. The van der Waals surface area contributed by atoms with Crippen LogP contribution in [0.25, 0.3) is 28.0 Å². The molecule has 2 aliphatic heterocycles. The number of carbonyl (C=O) groups excluding carboxylic acids is 1. The molecule has 204 valence electrons. The molecule has 1 fully saturated rings. The highest BCUT2D eigenvalue weighted by molar-refractivity contribution is 5.94. The maximum atomic E-state index is 13.7. The SMILES string of the molecule is COCCNC(=O)c1ccc(C2CC3C=C(c4c[nH]c(-c5ccc(F)cc5)c4-c4ccncc4)CCN3C2)cc1. The second-order valence-corrected chi connectivity index (χ2v) is 10.5. The van der Waals surface area contributed by atoms with Gasteiger partial charge in [-0.1, -0.05) is 18.2 Å². The van der Waals surface area contributed by atoms with Crippen molar-refractivity contribution in [2.45, 2.75) is 24.8 Å². The lowest BCUT2D eigenvalue weighted by Crippen LogP contribution is -2.32. The van der Waals surface area contributed by atoms with Gasteiger partial charge < -0.3 is 15.0 Å². The number of aromatic amines is 1. The number of hydrogen-bond donors (Lipinski definition) is 2. The third-order valence-corrected chi connectivity index (χ3v) is 8.08. The summed E-state index contributed by atoms with van der Waals surface area (Å²) in [6, 6.07) is 19.1. The fourth-order valence-electron chi connectivity index (χ4n) is 6.02. The van der Waals surface area contributed by atoms with E-state index in [-0.39, 0.29) is 11.7 Å². The smallest absolute Gasteiger partial charge is 0.251 e. The molecule has 4 heterocycles. The van der Waals surface area contributed by atoms with Gasteiger partial charge in [0, 0.05) is 68.1 Å². The number of ether oxygens (including phenoxy) is 1. The van der Waals surface area contributed by atoms with E-state index < -0.39 is 0 Å². The van der Waals surface area contributed by atoms with E-state index in [1.165, 1.54) is 28.8 Å². The van der Waals surface area contributed by atoms with E-state index in [1.54, 1.807) is 7.11 Å². The number of halogens is 1. The number of rotatable bonds is 8. The number of fused-ring (bicyclic) bond motifs is 1. The minimum atomic E-state index is -0.244. The zero-order valence-electron chi connectivity index (χ0n) is 22.6. The molecule has 6 nitrogen and oxygen atoms in total. The molecule has 7 heteroatoms. The number of methoxy groups -OCH3 is 1. The van der Waals surface area contributed by atoms with Gasteiger partial charge in [-0.05, 0) is 89.6 Å². The fraction of sp³-hybridized carbons (Fsp3) is 0.273. The van der Waals surface area contributed by atoms with Crippen molar-refractivity contribution in [2.24, 2.45) is 0 Å². The molecule has 2 N–H and O–H groups in total. The van der Waals surface area contributed by atoms with E-state index in [1.807, 2.05) is 48.8 Å². The van der Waals surface area contributed by atoms with Gasteiger partial charge in [-0.15, -0.1) is 0 Å². The summed E-state index contributed by atoms with van der Waals surface area (Å²) in [6.07, 6.45) is 10.2. The zero-order valence-corrected chi connectivity index (χ0v) is 22.6. The van der Waals surface area contributed by atoms with Crippen molar-refractivity contribution >= 4 is 11.5 Å². The Morgan fingerprint density at radius 3 is 2.60 bits per heavy atom. The van der Waals surface area contributed by atoms with Gasteiger partial charge >= 0.3 is 0 Å². The second kappa shape index (κ2) is 11.6. The van der Waals surface area contributed by atoms with E-state index in [9.17, 15) is 9.18 Å². The maximum absolute atomic E-state index is 13.7. The molecule has 1 saturated heterocycles. The minimum absolute atomic E-state index is 0.0727. The van der Waals surface area contributed by atoms with E-state index in [2.05, 4.69) is 44.6 Å². The lowest BCUT2D eigenvalue weighted by atomic mass is 9.90. The van der Waals surface area contributed by atoms with Crippen molar-refractivity contribution in [2.75, 3.05) is 33.4 Å². The summed E-state index contributed by atoms with van der Waals surface area (Å²) in [7, 11) is 1.62. The molecule has 0 aliphatic carbocycles. The van der Waals surface area contributed by atoms with Crippen molar-refractivity contribution in [3.8, 4) is 22.4 Å². The number of pyridine rings is 1. The van der Waals surface area contributed by atoms with Crippen molar-refractivity contribution in [1.29, 1.82) is 0 Å². The van der Waals surface area contributed by atoms with Gasteiger partial charge in [0.25, 0.3) is 5.91 Å². The number of amides is 1. The topological polar surface area (TPSA) is 70.2 Å². The second-order valence-electron chi connectivity index (χ2n) is 10.5. The van der Waals surface area contributed by atoms with Crippen LogP contribution in [0.1, 0.15) is 40.2 Å². The highest BCUT2D eigenvalue weighted by Crippen LogP contribution is 2.42. The van der Waals surface area contributed by atoms with Crippen molar-refractivity contribution in [3.63, 3.8) is 0 Å². The minimum Gasteiger partial charge on any atom is -0.383 e. The molecular weight excluding hydrogens is 503 g/mol. The van der Waals surface area contributed by atoms with Gasteiger partial charge in [-0.3, -0.25) is 14.7 Å². The number of benzene rings is 2. The number of hydrogen-bond acceptors (Lipinski definition) is 4. The average Bonchev–Trinajstić information content (AvgIpc) is 3.63. The Labute approximate surface area is 233 Å². The fourth-order valence-corrected chi connectivity index (χ4v) is 6.02. The van der Waals surface area contributed by atoms with Crippen molar-refractivity contribution < 1.29 is 13.9 Å². The number of nitrogens with one attached hydrogen (secondary N) is 2. The van der Waals surface area contributed by atoms with Gasteiger partial charge in [-0.2, -0.15) is 0 Å². The van der Waals surface area contributed by atoms with Gasteiger partial charge in [0.2, 0.25) is 0 Å². The van der Waals surface area contributed by atoms with E-state index in [0.717, 1.165) is 48.3 Å². The van der Waals surface area contributed by atoms with Crippen molar-refractivity contribution in [3.05, 3.63) is 108 Å². The van der Waals surface area contributed by atoms with Gasteiger partial charge in [0.1, 0.15) is 5.82 Å². The van der Waals surface area contributed by atoms with E-state index in [0.29, 0.717) is 30.7 Å². The predicted molar refractivity (Wildman–Crippen MR) is 155 cm³/mol. The summed E-state index contributed by atoms with van der Waals surface area (Å²) in [5.74, 6) is 0.107. The maximum Gasteiger partial charge on any atom is 0.251 e. The number of aromatic nitrogens is 2. The van der Waals surface area contributed by atoms with Crippen LogP contribution in [0.3, 0.4) is 0 Å². The molecule has 0 radical (unpaired) electrons. The standard InChI is InChI=1S/C33H33FN4O2/c1-40-17-15-36-33(39)25-4-2-22(3-5-25)27-19-29-18-26(12-16-38(29)21-27)30-20-37-32(24-6-8-28(34)9-7-24)31(30)23-10-13-35-14-11-23/h2-11,13-14,18,20,27,29,37H,12,15-17,19,21H2,1H3,(H,36,39). The molecule has 40 heavy (non-hydrogen) atoms. The molecular formula is C33H33FN4O2. The summed E-state index contributed by atoms with van der Waals surface area (Å²) < 4.78 is 18.7. The molecule has 2 aliphatic rings. The molecule has 0 saturated carbocycles. The normalized spacial score (nSPS) is 18.8. The summed E-state index contributed by atoms with van der Waals surface area (Å²) >= 11 is 0. The van der Waals surface area contributed by atoms with Crippen LogP contribution in [-0.2, 0) is 4.74 Å². The van der Waals surface area contributed by atoms with Crippen LogP contribution >= 0.6 is 0 Å². The summed E-state index contributed by atoms with van der Waals surface area (Å²) in [5, 5.41) is 2.88. The Morgan fingerprint density at radius 1 is 1.07 bits per heavy atom. The number of carbonyl (C=O) groups is 1. The van der Waals surface area contributed by atoms with Crippen LogP contribution in [0.15, 0.2) is 85.3 Å². The lowest BCUT2D eigenvalue weighted by molar-refractivity contribution is 0.0937. The molecule has 6 rings (SSSR count). The molecule has 0 spiro atoms. The first kappa shape index (κ1) is 26.2. The zero-order chi connectivity index (χ0) is 27.5. The Bertz CT molecular complexity index is 1500. The first-order valence-corrected chi connectivity index (χ1v) is 13.8. The van der Waals surface area contributed by atoms with E-state index >= 15 is 0 Å². The highest BCUT2D eigenvalue weighted by Gasteiger charge is 2.34. The average molecular weight is 537 g/mol. The largest absolute Gasteiger partial charge is 0.383 e. The molecule has 2 unspecified atom stereocenters. The van der Waals surface area contributed by atoms with Gasteiger partial charge in [0.15, 0.2) is 0 Å². The van der Waals surface area contributed by atoms with Crippen LogP contribution in [0.2, 0.25) is 0 Å². The molecule has 2 aromatic carbocycles. The first-order valence-electron chi connectivity index (χ1n) is 13.8. The first-order chi connectivity index (χ1) is 19.6. The highest BCUT2D eigenvalue weighted by atomic mass is 19.1. The van der Waals surface area contributed by atoms with Gasteiger partial charge in [-0.25, -0.2) is 4.39 Å². The van der Waals surface area contributed by atoms with Crippen LogP contribution in [0.5, 0.6) is 0 Å². The number of H-pyrrole nitrogens is 1. The summed E-state index contributed by atoms with van der Waals surface area (Å²) in [6.45, 7) is 3.01. The Morgan fingerprint density at radius 2 is 1.85 bits per heavy atom. The molecule has 4 aromatic rings. The van der Waals surface area contributed by atoms with E-state index in [4.69, 9.17) is 4.74 Å². The third kappa shape index (κ3) is 5.35. The Hall–Kier alpha value is -4.07. The monoisotopic (exact) mass is 536 g/mol. The predicted octanol–water partition coefficient (Wildman–Crippen LogP) is 5.90. The molecule has 2 aromatic heterocycles. The van der Waals surface area contributed by atoms with Crippen LogP contribution in [-0.4, -0.2) is 60.2 Å². The quantitative estimate of drug-likeness (QED) is 0.275. The molecule has 0 bridgehead atoms. The molecule has 2 atom stereocenters. The lowest BCUT2D eigenvalue weighted by Gasteiger charge is -2.28. The molecule has 1 amide bonds. The van der Waals surface area contributed by atoms with Crippen molar-refractivity contribution in [1.82, 2.24) is 20.2 Å². The van der Waals surface area contributed by atoms with Crippen LogP contribution < -0.4 is 5.32 Å². The third-order valence-electron chi connectivity index (χ3n) is 8.08. The van der Waals surface area contributed by atoms with Gasteiger partial charge in [0.05, 0.1) is 12.3 Å². The van der Waals surface area contributed by atoms with Crippen LogP contribution in [0.4, 0.5) is 4.39 Å². The summed E-state index contributed by atoms with van der Waals surface area (Å²) in [4.78, 5) is 22.6. The van der Waals surface area contributed by atoms with Crippen LogP contribution in [0, 0.1) is 5.82 Å².